The number of nitrogens with zero attached hydrogens (tertiary/aromatic N) is 4. The van der Waals surface area contributed by atoms with Gasteiger partial charge in [0.15, 0.2) is 0 Å². The van der Waals surface area contributed by atoms with Crippen LogP contribution in [0.4, 0.5) is 0 Å². The molecule has 0 spiro atoms. The highest BCUT2D eigenvalue weighted by Gasteiger charge is 2.23. The van der Waals surface area contributed by atoms with E-state index in [1.165, 1.54) is 0 Å². The van der Waals surface area contributed by atoms with E-state index in [1.54, 1.807) is 22.8 Å². The van der Waals surface area contributed by atoms with Crippen LogP contribution in [0.5, 0.6) is 11.5 Å². The van der Waals surface area contributed by atoms with Crippen LogP contribution in [0.15, 0.2) is 285 Å². The second-order valence-electron chi connectivity index (χ2n) is 21.0. The zero-order valence-corrected chi connectivity index (χ0v) is 44.6. The number of fused-ring (bicyclic) bond motifs is 4. The van der Waals surface area contributed by atoms with E-state index in [9.17, 15) is 5.48 Å². The van der Waals surface area contributed by atoms with Crippen molar-refractivity contribution in [2.75, 3.05) is 0 Å². The van der Waals surface area contributed by atoms with Crippen LogP contribution in [-0.4, -0.2) is 14.1 Å². The number of rotatable bonds is 11. The summed E-state index contributed by atoms with van der Waals surface area (Å²) in [5.74, 6) is 1.81. The first-order chi connectivity index (χ1) is 43.9. The summed E-state index contributed by atoms with van der Waals surface area (Å²) in [5, 5.41) is 2.03. The molecule has 3 aromatic heterocycles. The summed E-state index contributed by atoms with van der Waals surface area (Å²) >= 11 is 0. The number of hydrogen-bond acceptors (Lipinski definition) is 2. The van der Waals surface area contributed by atoms with Crippen LogP contribution in [0.1, 0.15) is 40.0 Å². The Bertz CT molecular complexity index is 5050. The van der Waals surface area contributed by atoms with Crippen molar-refractivity contribution in [3.05, 3.63) is 297 Å². The van der Waals surface area contributed by atoms with Gasteiger partial charge in [-0.2, -0.15) is 0 Å². The van der Waals surface area contributed by atoms with Crippen molar-refractivity contribution in [1.29, 1.82) is 0 Å². The van der Waals surface area contributed by atoms with Gasteiger partial charge < -0.3 is 4.74 Å². The monoisotopic (exact) mass is 1050 g/mol. The molecule has 0 N–H and O–H groups in total. The molecule has 0 aliphatic carbocycles. The van der Waals surface area contributed by atoms with Gasteiger partial charge in [-0.15, -0.1) is 0 Å². The predicted octanol–water partition coefficient (Wildman–Crippen LogP) is 19.3. The molecular weight excluding hydrogens is 985 g/mol. The Kier molecular flexibility index (Phi) is 9.87. The van der Waals surface area contributed by atoms with Gasteiger partial charge in [-0.1, -0.05) is 233 Å². The zero-order valence-electron chi connectivity index (χ0n) is 54.6. The van der Waals surface area contributed by atoms with Gasteiger partial charge in [-0.3, -0.25) is 13.7 Å². The number of aromatic nitrogens is 4. The first-order valence-corrected chi connectivity index (χ1v) is 26.9. The topological polar surface area (TPSA) is 35.9 Å². The molecule has 81 heavy (non-hydrogen) atoms. The van der Waals surface area contributed by atoms with Crippen LogP contribution in [0.3, 0.4) is 0 Å². The van der Waals surface area contributed by atoms with Crippen LogP contribution in [0, 0.1) is 6.33 Å². The van der Waals surface area contributed by atoms with E-state index < -0.39 is 60.4 Å². The average molecular weight is 1050 g/mol. The molecule has 0 aliphatic heterocycles. The Morgan fingerprint density at radius 3 is 1.67 bits per heavy atom. The second-order valence-corrected chi connectivity index (χ2v) is 21.0. The SMILES string of the molecule is [2H]c1c([2H])c([2H])c(-c2cccc(-c3c([2H])c([2H])c([2H])c([2H])c3[2H])c2-[n+]2[c-]n(-c3cccc(Oc4ccc5c6cc(-c7c(-c8ccccc8)cccc7-c7ccccc7)ccc6n(-c6cc(C(C)(C)C)ccn6)c5c4)c3)c3ccc(-c4ccccc4)cc32)c([2H])c1[2H]. The van der Waals surface area contributed by atoms with E-state index >= 15 is 0 Å². The summed E-state index contributed by atoms with van der Waals surface area (Å²) in [4.78, 5) is 5.03. The lowest BCUT2D eigenvalue weighted by molar-refractivity contribution is -0.571. The van der Waals surface area contributed by atoms with Crippen LogP contribution >= 0.6 is 0 Å². The highest BCUT2D eigenvalue weighted by Crippen LogP contribution is 2.44. The number of pyridine rings is 1. The minimum Gasteiger partial charge on any atom is -0.458 e. The summed E-state index contributed by atoms with van der Waals surface area (Å²) in [6.07, 6.45) is 5.42. The van der Waals surface area contributed by atoms with Gasteiger partial charge in [0.1, 0.15) is 17.3 Å². The van der Waals surface area contributed by atoms with Gasteiger partial charge in [-0.25, -0.2) is 4.98 Å². The minimum absolute atomic E-state index is 0.141. The lowest BCUT2D eigenvalue weighted by atomic mass is 9.87. The van der Waals surface area contributed by atoms with Crippen molar-refractivity contribution in [1.82, 2.24) is 14.1 Å². The third-order valence-electron chi connectivity index (χ3n) is 15.0. The van der Waals surface area contributed by atoms with Crippen LogP contribution in [0.2, 0.25) is 0 Å². The van der Waals surface area contributed by atoms with E-state index in [2.05, 4.69) is 135 Å². The molecule has 14 rings (SSSR count). The van der Waals surface area contributed by atoms with E-state index in [0.29, 0.717) is 28.2 Å². The van der Waals surface area contributed by atoms with Crippen molar-refractivity contribution in [3.8, 4) is 95.5 Å². The molecule has 0 unspecified atom stereocenters. The molecule has 0 amide bonds. The molecule has 5 nitrogen and oxygen atoms in total. The van der Waals surface area contributed by atoms with Crippen LogP contribution < -0.4 is 9.30 Å². The molecule has 0 bridgehead atoms. The molecule has 386 valence electrons. The Morgan fingerprint density at radius 1 is 0.444 bits per heavy atom. The lowest BCUT2D eigenvalue weighted by Gasteiger charge is -2.20. The summed E-state index contributed by atoms with van der Waals surface area (Å²) in [5.41, 5.74) is 13.1. The van der Waals surface area contributed by atoms with Crippen LogP contribution in [0.25, 0.3) is 117 Å². The van der Waals surface area contributed by atoms with Crippen molar-refractivity contribution >= 4 is 32.8 Å². The maximum atomic E-state index is 9.25. The largest absolute Gasteiger partial charge is 0.458 e. The molecule has 0 atom stereocenters. The molecule has 0 fully saturated rings. The molecule has 3 heterocycles. The van der Waals surface area contributed by atoms with Crippen molar-refractivity contribution in [2.45, 2.75) is 26.2 Å². The fraction of sp³-hybridized carbons (Fsp3) is 0.0526. The quantitative estimate of drug-likeness (QED) is 0.0956. The smallest absolute Gasteiger partial charge is 0.269 e. The van der Waals surface area contributed by atoms with Gasteiger partial charge >= 0.3 is 0 Å². The molecule has 14 aromatic rings. The molecular formula is C76H56N4O. The first-order valence-electron chi connectivity index (χ1n) is 31.9. The molecule has 0 radical (unpaired) electrons. The third kappa shape index (κ3) is 9.15. The molecule has 0 saturated carbocycles. The third-order valence-corrected chi connectivity index (χ3v) is 15.0. The summed E-state index contributed by atoms with van der Waals surface area (Å²) in [7, 11) is 0. The van der Waals surface area contributed by atoms with Gasteiger partial charge in [0, 0.05) is 23.0 Å². The summed E-state index contributed by atoms with van der Waals surface area (Å²) in [6, 6.07) is 67.2. The molecule has 0 aliphatic rings. The number of ether oxygens (including phenoxy) is 1. The van der Waals surface area contributed by atoms with E-state index in [-0.39, 0.29) is 33.4 Å². The molecule has 11 aromatic carbocycles. The Morgan fingerprint density at radius 2 is 1.02 bits per heavy atom. The minimum atomic E-state index is -0.578. The predicted molar refractivity (Wildman–Crippen MR) is 334 cm³/mol. The van der Waals surface area contributed by atoms with E-state index in [4.69, 9.17) is 17.9 Å². The van der Waals surface area contributed by atoms with Crippen LogP contribution in [-0.2, 0) is 5.41 Å². The second kappa shape index (κ2) is 20.5. The van der Waals surface area contributed by atoms with Gasteiger partial charge in [-0.05, 0) is 138 Å². The van der Waals surface area contributed by atoms with E-state index in [0.717, 1.165) is 77.7 Å². The van der Waals surface area contributed by atoms with Crippen molar-refractivity contribution < 1.29 is 23.0 Å². The molecule has 5 heteroatoms. The average Bonchev–Trinajstić information content (AvgIpc) is 1.67. The van der Waals surface area contributed by atoms with E-state index in [1.807, 2.05) is 108 Å². The van der Waals surface area contributed by atoms with Gasteiger partial charge in [0.25, 0.3) is 6.33 Å². The summed E-state index contributed by atoms with van der Waals surface area (Å²) < 4.78 is 102. The van der Waals surface area contributed by atoms with Gasteiger partial charge in [0.05, 0.1) is 47.1 Å². The number of hydrogen-bond donors (Lipinski definition) is 0. The maximum Gasteiger partial charge on any atom is 0.269 e. The highest BCUT2D eigenvalue weighted by molar-refractivity contribution is 6.12. The highest BCUT2D eigenvalue weighted by atomic mass is 16.5. The zero-order chi connectivity index (χ0) is 63.1. The number of benzene rings is 11. The van der Waals surface area contributed by atoms with Crippen molar-refractivity contribution in [2.24, 2.45) is 0 Å². The Balaban J connectivity index is 0.952. The fourth-order valence-electron chi connectivity index (χ4n) is 11.1. The lowest BCUT2D eigenvalue weighted by Crippen LogP contribution is -2.31. The fourth-order valence-corrected chi connectivity index (χ4v) is 11.1. The molecule has 0 saturated heterocycles. The normalized spacial score (nSPS) is 13.4. The number of imidazole rings is 1. The Hall–Kier alpha value is -10.4. The standard InChI is InChI=1S/C76H56N4O/c1-76(2,3)59-44-45-77-73(48-59)80-69-42-39-58(74-63(53-24-11-5-12-25-53)34-20-35-64(74)54-26-13-6-14-27-54)46-68(69)67-41-40-62(50-71(67)80)81-61-33-19-32-60(49-61)78-51-79(72-47-57(38-43-70(72)78)52-22-9-4-10-23-52)75-65(55-28-15-7-16-29-55)36-21-37-66(75)56-30-17-8-18-31-56/h4-50H,1-3H3/i7D,8D,15D,16D,17D,18D,28D,29D,30D,31D. The van der Waals surface area contributed by atoms with Crippen molar-refractivity contribution in [3.63, 3.8) is 0 Å². The first kappa shape index (κ1) is 39.1. The Labute approximate surface area is 486 Å². The maximum absolute atomic E-state index is 9.25. The summed E-state index contributed by atoms with van der Waals surface area (Å²) in [6.45, 7) is 6.58. The van der Waals surface area contributed by atoms with Gasteiger partial charge in [0.2, 0.25) is 0 Å². The number of para-hydroxylation sites is 1.